The van der Waals surface area contributed by atoms with E-state index in [0.717, 1.165) is 0 Å². The average molecular weight is 207 g/mol. The molecule has 1 heterocycles. The number of carbonyl (C=O) groups excluding carboxylic acids is 1. The van der Waals surface area contributed by atoms with Gasteiger partial charge in [0.2, 0.25) is 5.91 Å². The monoisotopic (exact) mass is 207 g/mol. The molecule has 0 saturated heterocycles. The first-order valence-electron chi connectivity index (χ1n) is 5.01. The molecule has 0 fully saturated rings. The number of halogens is 1. The molecule has 15 heavy (non-hydrogen) atoms. The van der Waals surface area contributed by atoms with Crippen molar-refractivity contribution < 1.29 is 9.18 Å². The maximum absolute atomic E-state index is 14.1. The number of hydrogen-bond donors (Lipinski definition) is 1. The first kappa shape index (κ1) is 10.1. The normalized spacial score (nSPS) is 15.1. The smallest absolute Gasteiger partial charge is 0.228 e. The van der Waals surface area contributed by atoms with Gasteiger partial charge in [-0.05, 0) is 17.0 Å². The third kappa shape index (κ3) is 1.62. The summed E-state index contributed by atoms with van der Waals surface area (Å²) in [6.45, 7) is 5.88. The van der Waals surface area contributed by atoms with Gasteiger partial charge in [-0.3, -0.25) is 4.79 Å². The number of anilines is 1. The lowest BCUT2D eigenvalue weighted by Crippen LogP contribution is -2.14. The number of hydrogen-bond acceptors (Lipinski definition) is 1. The van der Waals surface area contributed by atoms with Crippen molar-refractivity contribution in [3.8, 4) is 0 Å². The molecule has 1 amide bonds. The maximum Gasteiger partial charge on any atom is 0.228 e. The molecule has 0 unspecified atom stereocenters. The average Bonchev–Trinajstić information content (AvgIpc) is 2.44. The van der Waals surface area contributed by atoms with Gasteiger partial charge < -0.3 is 5.32 Å². The van der Waals surface area contributed by atoms with Gasteiger partial charge >= 0.3 is 0 Å². The first-order chi connectivity index (χ1) is 6.89. The molecule has 0 aromatic heterocycles. The second-order valence-electron chi connectivity index (χ2n) is 4.93. The molecule has 3 heteroatoms. The van der Waals surface area contributed by atoms with Gasteiger partial charge in [-0.25, -0.2) is 4.39 Å². The fourth-order valence-electron chi connectivity index (χ4n) is 1.85. The van der Waals surface area contributed by atoms with Crippen LogP contribution in [0.2, 0.25) is 0 Å². The van der Waals surface area contributed by atoms with Gasteiger partial charge in [0.25, 0.3) is 0 Å². The predicted octanol–water partition coefficient (Wildman–Crippen LogP) is 2.62. The molecule has 80 valence electrons. The van der Waals surface area contributed by atoms with Crippen LogP contribution in [0.4, 0.5) is 10.1 Å². The summed E-state index contributed by atoms with van der Waals surface area (Å²) < 4.78 is 14.1. The van der Waals surface area contributed by atoms with Gasteiger partial charge in [-0.1, -0.05) is 26.8 Å². The van der Waals surface area contributed by atoms with Crippen LogP contribution in [-0.4, -0.2) is 5.91 Å². The highest BCUT2D eigenvalue weighted by Crippen LogP contribution is 2.33. The minimum absolute atomic E-state index is 0.130. The van der Waals surface area contributed by atoms with Crippen molar-refractivity contribution >= 4 is 11.6 Å². The summed E-state index contributed by atoms with van der Waals surface area (Å²) in [6.07, 6.45) is 0.158. The van der Waals surface area contributed by atoms with E-state index in [1.807, 2.05) is 20.8 Å². The Hall–Kier alpha value is -1.38. The largest absolute Gasteiger partial charge is 0.325 e. The molecule has 1 aliphatic rings. The van der Waals surface area contributed by atoms with E-state index in [1.54, 1.807) is 12.1 Å². The molecule has 1 aromatic rings. The van der Waals surface area contributed by atoms with Crippen LogP contribution in [0.3, 0.4) is 0 Å². The molecular formula is C12H14FNO. The first-order valence-corrected chi connectivity index (χ1v) is 5.01. The van der Waals surface area contributed by atoms with Crippen molar-refractivity contribution in [1.82, 2.24) is 0 Å². The number of benzene rings is 1. The van der Waals surface area contributed by atoms with E-state index in [2.05, 4.69) is 5.32 Å². The van der Waals surface area contributed by atoms with Crippen LogP contribution in [-0.2, 0) is 16.6 Å². The summed E-state index contributed by atoms with van der Waals surface area (Å²) in [6, 6.07) is 3.53. The molecule has 0 spiro atoms. The fourth-order valence-corrected chi connectivity index (χ4v) is 1.85. The molecule has 0 saturated carbocycles. The summed E-state index contributed by atoms with van der Waals surface area (Å²) in [5, 5.41) is 2.64. The van der Waals surface area contributed by atoms with Crippen molar-refractivity contribution in [2.45, 2.75) is 32.6 Å². The van der Waals surface area contributed by atoms with E-state index in [1.165, 1.54) is 0 Å². The fraction of sp³-hybridized carbons (Fsp3) is 0.417. The Morgan fingerprint density at radius 3 is 2.60 bits per heavy atom. The van der Waals surface area contributed by atoms with Crippen LogP contribution in [0, 0.1) is 5.82 Å². The molecule has 1 aromatic carbocycles. The standard InChI is InChI=1S/C12H14FNO/c1-12(2,3)8-4-5-9-7(11(8)13)6-10(15)14-9/h4-5H,6H2,1-3H3,(H,14,15). The molecule has 2 rings (SSSR count). The van der Waals surface area contributed by atoms with Crippen LogP contribution in [0.5, 0.6) is 0 Å². The Balaban J connectivity index is 2.56. The lowest BCUT2D eigenvalue weighted by Gasteiger charge is -2.20. The highest BCUT2D eigenvalue weighted by Gasteiger charge is 2.27. The van der Waals surface area contributed by atoms with Crippen molar-refractivity contribution in [1.29, 1.82) is 0 Å². The zero-order valence-electron chi connectivity index (χ0n) is 9.15. The summed E-state index contributed by atoms with van der Waals surface area (Å²) >= 11 is 0. The minimum Gasteiger partial charge on any atom is -0.325 e. The van der Waals surface area contributed by atoms with Crippen molar-refractivity contribution in [2.24, 2.45) is 0 Å². The van der Waals surface area contributed by atoms with Crippen LogP contribution in [0.25, 0.3) is 0 Å². The van der Waals surface area contributed by atoms with E-state index < -0.39 is 0 Å². The van der Waals surface area contributed by atoms with Gasteiger partial charge in [0.1, 0.15) is 5.82 Å². The van der Waals surface area contributed by atoms with Gasteiger partial charge in [-0.15, -0.1) is 0 Å². The summed E-state index contributed by atoms with van der Waals surface area (Å²) in [4.78, 5) is 11.1. The van der Waals surface area contributed by atoms with E-state index in [4.69, 9.17) is 0 Å². The quantitative estimate of drug-likeness (QED) is 0.696. The maximum atomic E-state index is 14.1. The predicted molar refractivity (Wildman–Crippen MR) is 57.4 cm³/mol. The number of carbonyl (C=O) groups is 1. The topological polar surface area (TPSA) is 29.1 Å². The van der Waals surface area contributed by atoms with Crippen molar-refractivity contribution in [3.05, 3.63) is 29.1 Å². The molecule has 1 aliphatic heterocycles. The number of fused-ring (bicyclic) bond motifs is 1. The third-order valence-electron chi connectivity index (χ3n) is 2.66. The summed E-state index contributed by atoms with van der Waals surface area (Å²) in [5.41, 5.74) is 1.56. The number of amides is 1. The molecule has 2 nitrogen and oxygen atoms in total. The van der Waals surface area contributed by atoms with Crippen LogP contribution >= 0.6 is 0 Å². The van der Waals surface area contributed by atoms with E-state index in [9.17, 15) is 9.18 Å². The van der Waals surface area contributed by atoms with Gasteiger partial charge in [0.05, 0.1) is 6.42 Å². The second-order valence-corrected chi connectivity index (χ2v) is 4.93. The molecule has 0 radical (unpaired) electrons. The number of rotatable bonds is 0. The zero-order chi connectivity index (χ0) is 11.2. The van der Waals surface area contributed by atoms with Crippen molar-refractivity contribution in [2.75, 3.05) is 5.32 Å². The van der Waals surface area contributed by atoms with Crippen LogP contribution in [0.15, 0.2) is 12.1 Å². The Morgan fingerprint density at radius 1 is 1.33 bits per heavy atom. The minimum atomic E-state index is -0.238. The highest BCUT2D eigenvalue weighted by molar-refractivity contribution is 5.99. The Bertz CT molecular complexity index is 432. The molecule has 1 N–H and O–H groups in total. The lowest BCUT2D eigenvalue weighted by molar-refractivity contribution is -0.115. The van der Waals surface area contributed by atoms with E-state index in [-0.39, 0.29) is 23.6 Å². The van der Waals surface area contributed by atoms with E-state index >= 15 is 0 Å². The Morgan fingerprint density at radius 2 is 2.00 bits per heavy atom. The SMILES string of the molecule is CC(C)(C)c1ccc2c(c1F)CC(=O)N2. The van der Waals surface area contributed by atoms with Crippen LogP contribution < -0.4 is 5.32 Å². The number of nitrogens with one attached hydrogen (secondary N) is 1. The summed E-state index contributed by atoms with van der Waals surface area (Å²) in [7, 11) is 0. The van der Waals surface area contributed by atoms with Gasteiger partial charge in [-0.2, -0.15) is 0 Å². The molecule has 0 aliphatic carbocycles. The Labute approximate surface area is 88.5 Å². The van der Waals surface area contributed by atoms with Crippen LogP contribution in [0.1, 0.15) is 31.9 Å². The lowest BCUT2D eigenvalue weighted by atomic mass is 9.85. The van der Waals surface area contributed by atoms with Crippen molar-refractivity contribution in [3.63, 3.8) is 0 Å². The Kier molecular flexibility index (Phi) is 2.07. The van der Waals surface area contributed by atoms with E-state index in [0.29, 0.717) is 16.8 Å². The molecule has 0 bridgehead atoms. The highest BCUT2D eigenvalue weighted by atomic mass is 19.1. The second kappa shape index (κ2) is 3.05. The third-order valence-corrected chi connectivity index (χ3v) is 2.66. The van der Waals surface area contributed by atoms with Gasteiger partial charge in [0, 0.05) is 11.3 Å². The molecular weight excluding hydrogens is 193 g/mol. The summed E-state index contributed by atoms with van der Waals surface area (Å²) in [5.74, 6) is -0.367. The molecule has 0 atom stereocenters. The van der Waals surface area contributed by atoms with Gasteiger partial charge in [0.15, 0.2) is 0 Å². The zero-order valence-corrected chi connectivity index (χ0v) is 9.15.